The number of para-hydroxylation sites is 1. The minimum atomic E-state index is -0.395. The van der Waals surface area contributed by atoms with E-state index >= 15 is 0 Å². The van der Waals surface area contributed by atoms with Crippen molar-refractivity contribution in [3.05, 3.63) is 145 Å². The third kappa shape index (κ3) is 3.24. The fraction of sp³-hybridized carbons (Fsp3) is 0. The Labute approximate surface area is 244 Å². The summed E-state index contributed by atoms with van der Waals surface area (Å²) in [6.07, 6.45) is 0. The van der Waals surface area contributed by atoms with Crippen LogP contribution in [0.1, 0.15) is 6.85 Å². The molecule has 1 nitrogen and oxygen atoms in total. The second-order valence-corrected chi connectivity index (χ2v) is 10.5. The highest BCUT2D eigenvalue weighted by Crippen LogP contribution is 2.49. The van der Waals surface area contributed by atoms with Crippen LogP contribution in [0.5, 0.6) is 11.5 Å². The van der Waals surface area contributed by atoms with Crippen molar-refractivity contribution in [3.63, 3.8) is 0 Å². The molecule has 190 valence electrons. The number of fused-ring (bicyclic) bond motifs is 6. The number of rotatable bonds is 2. The van der Waals surface area contributed by atoms with Crippen molar-refractivity contribution in [3.8, 4) is 44.9 Å². The molecule has 0 atom stereocenters. The zero-order valence-electron chi connectivity index (χ0n) is 26.9. The highest BCUT2D eigenvalue weighted by Gasteiger charge is 2.22. The fourth-order valence-electron chi connectivity index (χ4n) is 6.60. The summed E-state index contributed by atoms with van der Waals surface area (Å²) in [4.78, 5) is 0. The van der Waals surface area contributed by atoms with Crippen LogP contribution in [0.15, 0.2) is 145 Å². The van der Waals surface area contributed by atoms with Crippen LogP contribution in [0, 0.1) is 0 Å². The predicted molar refractivity (Wildman–Crippen MR) is 173 cm³/mol. The van der Waals surface area contributed by atoms with Crippen molar-refractivity contribution in [2.75, 3.05) is 0 Å². The zero-order valence-corrected chi connectivity index (χ0v) is 21.9. The predicted octanol–water partition coefficient (Wildman–Crippen LogP) is 11.4. The average Bonchev–Trinajstić information content (AvgIpc) is 3.09. The first-order chi connectivity index (χ1) is 22.4. The van der Waals surface area contributed by atoms with Gasteiger partial charge in [0.25, 0.3) is 0 Å². The molecule has 0 saturated heterocycles. The van der Waals surface area contributed by atoms with Crippen LogP contribution in [0.4, 0.5) is 0 Å². The monoisotopic (exact) mass is 525 g/mol. The molecule has 8 aromatic rings. The number of hydrogen-bond acceptors (Lipinski definition) is 1. The Balaban J connectivity index is 1.36. The van der Waals surface area contributed by atoms with E-state index in [0.717, 1.165) is 76.8 Å². The van der Waals surface area contributed by atoms with E-state index in [1.165, 1.54) is 0 Å². The van der Waals surface area contributed by atoms with Gasteiger partial charge in [0.05, 0.1) is 6.85 Å². The van der Waals surface area contributed by atoms with Crippen LogP contribution in [-0.2, 0) is 0 Å². The maximum atomic E-state index is 8.83. The molecule has 0 fully saturated rings. The molecule has 9 rings (SSSR count). The van der Waals surface area contributed by atoms with Gasteiger partial charge in [-0.25, -0.2) is 0 Å². The fourth-order valence-corrected chi connectivity index (χ4v) is 6.60. The molecule has 0 aliphatic carbocycles. The van der Waals surface area contributed by atoms with E-state index in [2.05, 4.69) is 66.7 Å². The molecule has 0 spiro atoms. The van der Waals surface area contributed by atoms with Gasteiger partial charge in [0.2, 0.25) is 0 Å². The molecule has 0 aromatic heterocycles. The second kappa shape index (κ2) is 8.55. The molecule has 1 aliphatic heterocycles. The quantitative estimate of drug-likeness (QED) is 0.161. The van der Waals surface area contributed by atoms with Gasteiger partial charge in [-0.1, -0.05) is 127 Å². The maximum Gasteiger partial charge on any atom is 0.135 e. The lowest BCUT2D eigenvalue weighted by atomic mass is 9.86. The topological polar surface area (TPSA) is 9.23 Å². The summed E-state index contributed by atoms with van der Waals surface area (Å²) in [5.74, 6) is 1.70. The van der Waals surface area contributed by atoms with Crippen molar-refractivity contribution in [2.45, 2.75) is 0 Å². The largest absolute Gasteiger partial charge is 0.456 e. The minimum Gasteiger partial charge on any atom is -0.456 e. The van der Waals surface area contributed by atoms with Crippen LogP contribution in [-0.4, -0.2) is 0 Å². The van der Waals surface area contributed by atoms with Crippen molar-refractivity contribution in [1.82, 2.24) is 0 Å². The van der Waals surface area contributed by atoms with Crippen molar-refractivity contribution < 1.29 is 11.6 Å². The van der Waals surface area contributed by atoms with E-state index in [0.29, 0.717) is 5.56 Å². The summed E-state index contributed by atoms with van der Waals surface area (Å²) < 4.78 is 49.0. The Kier molecular flexibility index (Phi) is 3.76. The standard InChI is InChI=1S/C40H24O/c1-2-10-25(11-3-1)39-27-13-5-4-12-26(27)24-36-29-16-8-15-28(30(29)20-21-35(36)39)31-22-23-38-40-33(31)17-9-18-34(40)32-14-6-7-19-37(32)41-38/h1-24H/i1D,2D,3D,10D,11D. The molecule has 0 radical (unpaired) electrons. The van der Waals surface area contributed by atoms with Crippen molar-refractivity contribution in [2.24, 2.45) is 0 Å². The third-order valence-electron chi connectivity index (χ3n) is 8.34. The maximum absolute atomic E-state index is 8.83. The highest BCUT2D eigenvalue weighted by molar-refractivity contribution is 6.22. The van der Waals surface area contributed by atoms with Gasteiger partial charge in [0.1, 0.15) is 11.5 Å². The van der Waals surface area contributed by atoms with E-state index in [9.17, 15) is 0 Å². The Hall–Kier alpha value is -5.40. The van der Waals surface area contributed by atoms with Crippen LogP contribution in [0.25, 0.3) is 76.5 Å². The van der Waals surface area contributed by atoms with Crippen molar-refractivity contribution in [1.29, 1.82) is 0 Å². The zero-order chi connectivity index (χ0) is 31.3. The van der Waals surface area contributed by atoms with Gasteiger partial charge in [-0.2, -0.15) is 0 Å². The third-order valence-corrected chi connectivity index (χ3v) is 8.34. The summed E-state index contributed by atoms with van der Waals surface area (Å²) in [6.45, 7) is 0. The number of hydrogen-bond donors (Lipinski definition) is 0. The summed E-state index contributed by atoms with van der Waals surface area (Å²) in [6, 6.07) is 37.7. The minimum absolute atomic E-state index is 0.204. The van der Waals surface area contributed by atoms with Gasteiger partial charge in [-0.15, -0.1) is 0 Å². The first-order valence-corrected chi connectivity index (χ1v) is 13.7. The van der Waals surface area contributed by atoms with Gasteiger partial charge in [-0.05, 0) is 83.7 Å². The van der Waals surface area contributed by atoms with E-state index in [1.54, 1.807) is 0 Å². The highest BCUT2D eigenvalue weighted by atomic mass is 16.5. The molecular weight excluding hydrogens is 496 g/mol. The lowest BCUT2D eigenvalue weighted by Gasteiger charge is -2.23. The molecule has 1 heteroatoms. The average molecular weight is 526 g/mol. The van der Waals surface area contributed by atoms with Crippen LogP contribution < -0.4 is 4.74 Å². The Morgan fingerprint density at radius 3 is 2.07 bits per heavy atom. The van der Waals surface area contributed by atoms with Gasteiger partial charge in [0.15, 0.2) is 0 Å². The summed E-state index contributed by atoms with van der Waals surface area (Å²) in [5, 5.41) is 7.86. The second-order valence-electron chi connectivity index (χ2n) is 10.5. The lowest BCUT2D eigenvalue weighted by molar-refractivity contribution is 0.487. The Morgan fingerprint density at radius 2 is 1.15 bits per heavy atom. The first-order valence-electron chi connectivity index (χ1n) is 16.2. The summed E-state index contributed by atoms with van der Waals surface area (Å²) in [5.41, 5.74) is 5.27. The smallest absolute Gasteiger partial charge is 0.135 e. The first kappa shape index (κ1) is 18.0. The Morgan fingerprint density at radius 1 is 0.439 bits per heavy atom. The van der Waals surface area contributed by atoms with Gasteiger partial charge in [-0.3, -0.25) is 0 Å². The van der Waals surface area contributed by atoms with E-state index in [-0.39, 0.29) is 29.7 Å². The molecule has 8 aromatic carbocycles. The summed E-state index contributed by atoms with van der Waals surface area (Å²) in [7, 11) is 0. The van der Waals surface area contributed by atoms with Crippen LogP contribution in [0.3, 0.4) is 0 Å². The molecule has 1 heterocycles. The number of ether oxygens (including phenoxy) is 1. The normalized spacial score (nSPS) is 13.8. The molecule has 0 saturated carbocycles. The van der Waals surface area contributed by atoms with Crippen LogP contribution >= 0.6 is 0 Å². The molecule has 0 amide bonds. The SMILES string of the molecule is [2H]c1c([2H])c([2H])c(-c2c3ccccc3cc3c2ccc2c(-c4ccc5c6c(cccc46)-c4ccccc4O5)cccc23)c([2H])c1[2H]. The summed E-state index contributed by atoms with van der Waals surface area (Å²) >= 11 is 0. The van der Waals surface area contributed by atoms with E-state index in [4.69, 9.17) is 11.6 Å². The van der Waals surface area contributed by atoms with Gasteiger partial charge in [0, 0.05) is 10.9 Å². The van der Waals surface area contributed by atoms with Gasteiger partial charge < -0.3 is 4.74 Å². The lowest BCUT2D eigenvalue weighted by Crippen LogP contribution is -1.97. The van der Waals surface area contributed by atoms with Crippen molar-refractivity contribution >= 4 is 43.1 Å². The van der Waals surface area contributed by atoms with Crippen LogP contribution in [0.2, 0.25) is 0 Å². The van der Waals surface area contributed by atoms with E-state index in [1.807, 2.05) is 48.5 Å². The molecular formula is C40H24O. The molecule has 0 unspecified atom stereocenters. The van der Waals surface area contributed by atoms with E-state index < -0.39 is 6.04 Å². The molecule has 1 aliphatic rings. The molecule has 0 bridgehead atoms. The Bertz CT molecular complexity index is 2600. The molecule has 41 heavy (non-hydrogen) atoms. The number of benzene rings is 8. The molecule has 0 N–H and O–H groups in total. The van der Waals surface area contributed by atoms with Gasteiger partial charge >= 0.3 is 0 Å².